The van der Waals surface area contributed by atoms with Gasteiger partial charge in [0.25, 0.3) is 0 Å². The van der Waals surface area contributed by atoms with Crippen molar-refractivity contribution in [3.63, 3.8) is 0 Å². The molecule has 7 nitrogen and oxygen atoms in total. The van der Waals surface area contributed by atoms with Gasteiger partial charge in [0.2, 0.25) is 5.95 Å². The van der Waals surface area contributed by atoms with Gasteiger partial charge >= 0.3 is 0 Å². The summed E-state index contributed by atoms with van der Waals surface area (Å²) in [7, 11) is 0. The van der Waals surface area contributed by atoms with Crippen molar-refractivity contribution in [2.45, 2.75) is 19.5 Å². The minimum Gasteiger partial charge on any atom is -0.351 e. The van der Waals surface area contributed by atoms with E-state index in [1.165, 1.54) is 18.4 Å². The van der Waals surface area contributed by atoms with Crippen LogP contribution in [0.15, 0.2) is 30.9 Å². The van der Waals surface area contributed by atoms with E-state index < -0.39 is 11.5 Å². The zero-order valence-electron chi connectivity index (χ0n) is 13.6. The van der Waals surface area contributed by atoms with Crippen molar-refractivity contribution in [2.75, 3.05) is 11.9 Å². The van der Waals surface area contributed by atoms with Crippen molar-refractivity contribution in [1.82, 2.24) is 29.5 Å². The SMILES string of the molecule is CC(C)(F)CNc1ncc2c(-c3ccn4ncc(F)c4n3)c[nH]c2n1. The average Bonchev–Trinajstić information content (AvgIpc) is 3.15. The molecule has 0 spiro atoms. The molecule has 0 saturated carbocycles. The van der Waals surface area contributed by atoms with E-state index in [-0.39, 0.29) is 12.2 Å². The molecule has 0 unspecified atom stereocenters. The van der Waals surface area contributed by atoms with Crippen LogP contribution in [0, 0.1) is 5.82 Å². The van der Waals surface area contributed by atoms with Gasteiger partial charge < -0.3 is 10.3 Å². The predicted molar refractivity (Wildman–Crippen MR) is 89.5 cm³/mol. The van der Waals surface area contributed by atoms with Crippen molar-refractivity contribution >= 4 is 22.6 Å². The second-order valence-corrected chi connectivity index (χ2v) is 6.30. The fraction of sp³-hybridized carbons (Fsp3) is 0.250. The van der Waals surface area contributed by atoms with Crippen LogP contribution in [-0.2, 0) is 0 Å². The lowest BCUT2D eigenvalue weighted by atomic mass is 10.2. The third-order valence-corrected chi connectivity index (χ3v) is 3.70. The molecule has 2 N–H and O–H groups in total. The predicted octanol–water partition coefficient (Wildman–Crippen LogP) is 2.97. The van der Waals surface area contributed by atoms with Crippen LogP contribution in [-0.4, -0.2) is 41.8 Å². The van der Waals surface area contributed by atoms with Crippen molar-refractivity contribution in [1.29, 1.82) is 0 Å². The Morgan fingerprint density at radius 3 is 2.92 bits per heavy atom. The van der Waals surface area contributed by atoms with Crippen LogP contribution in [0.4, 0.5) is 14.7 Å². The molecule has 4 rings (SSSR count). The summed E-state index contributed by atoms with van der Waals surface area (Å²) in [5.41, 5.74) is 0.687. The van der Waals surface area contributed by atoms with E-state index in [1.807, 2.05) is 0 Å². The molecular weight excluding hydrogens is 328 g/mol. The fourth-order valence-corrected chi connectivity index (χ4v) is 2.48. The Bertz CT molecular complexity index is 1060. The minimum absolute atomic E-state index is 0.102. The number of nitrogens with one attached hydrogen (secondary N) is 2. The summed E-state index contributed by atoms with van der Waals surface area (Å²) in [6, 6.07) is 1.74. The maximum atomic E-state index is 13.7. The van der Waals surface area contributed by atoms with Crippen molar-refractivity contribution < 1.29 is 8.78 Å². The summed E-state index contributed by atoms with van der Waals surface area (Å²) >= 11 is 0. The number of halogens is 2. The number of H-pyrrole nitrogens is 1. The Labute approximate surface area is 141 Å². The largest absolute Gasteiger partial charge is 0.351 e. The number of anilines is 1. The van der Waals surface area contributed by atoms with Gasteiger partial charge in [-0.2, -0.15) is 10.1 Å². The zero-order chi connectivity index (χ0) is 17.6. The molecule has 0 atom stereocenters. The van der Waals surface area contributed by atoms with Gasteiger partial charge in [-0.1, -0.05) is 0 Å². The molecule has 0 fully saturated rings. The monoisotopic (exact) mass is 343 g/mol. The maximum Gasteiger partial charge on any atom is 0.224 e. The normalized spacial score (nSPS) is 12.2. The molecule has 0 radical (unpaired) electrons. The summed E-state index contributed by atoms with van der Waals surface area (Å²) in [6.45, 7) is 3.05. The Hall–Kier alpha value is -3.10. The Balaban J connectivity index is 1.71. The second kappa shape index (κ2) is 5.47. The van der Waals surface area contributed by atoms with Gasteiger partial charge in [0, 0.05) is 29.5 Å². The molecule has 0 aliphatic heterocycles. The highest BCUT2D eigenvalue weighted by molar-refractivity contribution is 5.92. The summed E-state index contributed by atoms with van der Waals surface area (Å²) in [5.74, 6) is -0.157. The van der Waals surface area contributed by atoms with E-state index in [0.29, 0.717) is 17.3 Å². The van der Waals surface area contributed by atoms with Crippen LogP contribution in [0.25, 0.3) is 27.9 Å². The highest BCUT2D eigenvalue weighted by atomic mass is 19.1. The lowest BCUT2D eigenvalue weighted by molar-refractivity contribution is 0.234. The highest BCUT2D eigenvalue weighted by Gasteiger charge is 2.16. The second-order valence-electron chi connectivity index (χ2n) is 6.30. The van der Waals surface area contributed by atoms with Gasteiger partial charge in [-0.05, 0) is 19.9 Å². The van der Waals surface area contributed by atoms with E-state index in [1.54, 1.807) is 24.7 Å². The van der Waals surface area contributed by atoms with Gasteiger partial charge in [-0.3, -0.25) is 0 Å². The van der Waals surface area contributed by atoms with Gasteiger partial charge in [0.05, 0.1) is 18.4 Å². The lowest BCUT2D eigenvalue weighted by Crippen LogP contribution is -2.25. The third-order valence-electron chi connectivity index (χ3n) is 3.70. The molecule has 0 saturated heterocycles. The number of aromatic amines is 1. The molecule has 0 aliphatic carbocycles. The van der Waals surface area contributed by atoms with E-state index in [4.69, 9.17) is 0 Å². The van der Waals surface area contributed by atoms with Crippen LogP contribution in [0.3, 0.4) is 0 Å². The molecule has 128 valence electrons. The number of fused-ring (bicyclic) bond motifs is 2. The number of hydrogen-bond acceptors (Lipinski definition) is 5. The minimum atomic E-state index is -1.37. The first-order chi connectivity index (χ1) is 11.9. The smallest absolute Gasteiger partial charge is 0.224 e. The van der Waals surface area contributed by atoms with Crippen LogP contribution in [0.2, 0.25) is 0 Å². The molecule has 25 heavy (non-hydrogen) atoms. The third kappa shape index (κ3) is 2.88. The van der Waals surface area contributed by atoms with Gasteiger partial charge in [0.1, 0.15) is 11.3 Å². The lowest BCUT2D eigenvalue weighted by Gasteiger charge is -2.14. The van der Waals surface area contributed by atoms with Crippen LogP contribution in [0.1, 0.15) is 13.8 Å². The first-order valence-electron chi connectivity index (χ1n) is 7.68. The maximum absolute atomic E-state index is 13.7. The number of aromatic nitrogens is 6. The van der Waals surface area contributed by atoms with Crippen molar-refractivity contribution in [3.8, 4) is 11.3 Å². The van der Waals surface area contributed by atoms with Crippen LogP contribution < -0.4 is 5.32 Å². The quantitative estimate of drug-likeness (QED) is 0.595. The number of alkyl halides is 1. The molecule has 9 heteroatoms. The Morgan fingerprint density at radius 2 is 2.12 bits per heavy atom. The molecule has 0 aromatic carbocycles. The van der Waals surface area contributed by atoms with Gasteiger partial charge in [-0.15, -0.1) is 0 Å². The van der Waals surface area contributed by atoms with E-state index in [2.05, 4.69) is 30.4 Å². The summed E-state index contributed by atoms with van der Waals surface area (Å²) in [5, 5.41) is 7.46. The molecule has 4 heterocycles. The summed E-state index contributed by atoms with van der Waals surface area (Å²) in [6.07, 6.45) is 6.12. The molecular formula is C16H15F2N7. The molecule has 4 aromatic heterocycles. The number of nitrogens with zero attached hydrogens (tertiary/aromatic N) is 5. The molecule has 0 aliphatic rings. The highest BCUT2D eigenvalue weighted by Crippen LogP contribution is 2.27. The molecule has 0 bridgehead atoms. The van der Waals surface area contributed by atoms with E-state index >= 15 is 0 Å². The van der Waals surface area contributed by atoms with Crippen LogP contribution >= 0.6 is 0 Å². The number of hydrogen-bond donors (Lipinski definition) is 2. The molecule has 0 amide bonds. The van der Waals surface area contributed by atoms with Crippen LogP contribution in [0.5, 0.6) is 0 Å². The standard InChI is InChI=1S/C16H15F2N7/c1-16(2,18)8-21-15-20-6-10-9(5-19-13(10)24-15)12-3-4-25-14(23-12)11(17)7-22-25/h3-7H,8H2,1-2H3,(H2,19,20,21,24). The first kappa shape index (κ1) is 15.4. The summed E-state index contributed by atoms with van der Waals surface area (Å²) < 4.78 is 28.6. The van der Waals surface area contributed by atoms with E-state index in [0.717, 1.165) is 17.1 Å². The fourth-order valence-electron chi connectivity index (χ4n) is 2.48. The summed E-state index contributed by atoms with van der Waals surface area (Å²) in [4.78, 5) is 15.9. The number of rotatable bonds is 4. The van der Waals surface area contributed by atoms with Gasteiger partial charge in [-0.25, -0.2) is 23.3 Å². The van der Waals surface area contributed by atoms with E-state index in [9.17, 15) is 8.78 Å². The zero-order valence-corrected chi connectivity index (χ0v) is 13.6. The van der Waals surface area contributed by atoms with Crippen molar-refractivity contribution in [3.05, 3.63) is 36.7 Å². The Morgan fingerprint density at radius 1 is 1.28 bits per heavy atom. The molecule has 4 aromatic rings. The van der Waals surface area contributed by atoms with Gasteiger partial charge in [0.15, 0.2) is 11.5 Å². The first-order valence-corrected chi connectivity index (χ1v) is 7.68. The Kier molecular flexibility index (Phi) is 3.38. The van der Waals surface area contributed by atoms with Crippen molar-refractivity contribution in [2.24, 2.45) is 0 Å². The topological polar surface area (TPSA) is 83.8 Å². The average molecular weight is 343 g/mol.